The second-order valence-corrected chi connectivity index (χ2v) is 9.71. The average molecular weight is 487 g/mol. The Morgan fingerprint density at radius 3 is 2.64 bits per heavy atom. The molecule has 1 saturated heterocycles. The fourth-order valence-electron chi connectivity index (χ4n) is 5.50. The Balaban J connectivity index is 1.40. The molecule has 2 aromatic heterocycles. The van der Waals surface area contributed by atoms with Crippen LogP contribution >= 0.6 is 0 Å². The molecular weight excluding hydrogens is 452 g/mol. The Morgan fingerprint density at radius 1 is 1.06 bits per heavy atom. The zero-order chi connectivity index (χ0) is 25.2. The highest BCUT2D eigenvalue weighted by Crippen LogP contribution is 2.31. The van der Waals surface area contributed by atoms with Gasteiger partial charge >= 0.3 is 0 Å². The van der Waals surface area contributed by atoms with Gasteiger partial charge in [0.25, 0.3) is 11.9 Å². The summed E-state index contributed by atoms with van der Waals surface area (Å²) in [6.45, 7) is 8.35. The summed E-state index contributed by atoms with van der Waals surface area (Å²) in [5, 5.41) is 4.51. The molecule has 5 rings (SSSR count). The quantitative estimate of drug-likeness (QED) is 0.547. The molecule has 1 aliphatic heterocycles. The Labute approximate surface area is 212 Å². The number of likely N-dealkylation sites (tertiary alicyclic amines) is 1. The Kier molecular flexibility index (Phi) is 6.85. The molecule has 0 unspecified atom stereocenters. The van der Waals surface area contributed by atoms with E-state index in [1.54, 1.807) is 15.8 Å². The number of hydrogen-bond acceptors (Lipinski definition) is 5. The van der Waals surface area contributed by atoms with Crippen LogP contribution in [0.25, 0.3) is 17.2 Å². The number of hydrogen-bond donors (Lipinski definition) is 0. The first-order valence-corrected chi connectivity index (χ1v) is 13.1. The van der Waals surface area contributed by atoms with Gasteiger partial charge in [-0.25, -0.2) is 14.6 Å². The number of nitrogens with zero attached hydrogens (tertiary/aromatic N) is 6. The molecular formula is C28H34N6O2. The van der Waals surface area contributed by atoms with Crippen LogP contribution in [0.5, 0.6) is 0 Å². The van der Waals surface area contributed by atoms with Gasteiger partial charge in [-0.15, -0.1) is 0 Å². The zero-order valence-electron chi connectivity index (χ0n) is 21.4. The molecule has 8 heteroatoms. The van der Waals surface area contributed by atoms with Crippen molar-refractivity contribution >= 4 is 11.8 Å². The summed E-state index contributed by atoms with van der Waals surface area (Å²) in [5.41, 5.74) is 5.77. The smallest absolute Gasteiger partial charge is 0.257 e. The van der Waals surface area contributed by atoms with Gasteiger partial charge in [-0.3, -0.25) is 9.59 Å². The lowest BCUT2D eigenvalue weighted by molar-refractivity contribution is -0.136. The highest BCUT2D eigenvalue weighted by molar-refractivity contribution is 5.95. The predicted molar refractivity (Wildman–Crippen MR) is 138 cm³/mol. The van der Waals surface area contributed by atoms with Crippen LogP contribution in [0.1, 0.15) is 60.3 Å². The highest BCUT2D eigenvalue weighted by atomic mass is 16.2. The molecule has 2 amide bonds. The first-order valence-electron chi connectivity index (χ1n) is 13.1. The third kappa shape index (κ3) is 4.40. The van der Waals surface area contributed by atoms with Crippen molar-refractivity contribution in [3.8, 4) is 17.2 Å². The van der Waals surface area contributed by atoms with Gasteiger partial charge < -0.3 is 9.80 Å². The van der Waals surface area contributed by atoms with E-state index in [9.17, 15) is 9.59 Å². The van der Waals surface area contributed by atoms with E-state index >= 15 is 0 Å². The number of aryl methyl sites for hydroxylation is 2. The summed E-state index contributed by atoms with van der Waals surface area (Å²) in [5.74, 6) is 0.376. The van der Waals surface area contributed by atoms with Crippen molar-refractivity contribution in [3.63, 3.8) is 0 Å². The van der Waals surface area contributed by atoms with E-state index in [1.165, 1.54) is 5.56 Å². The number of carbonyl (C=O) groups excluding carboxylic acids is 2. The van der Waals surface area contributed by atoms with E-state index in [2.05, 4.69) is 28.3 Å². The molecule has 0 N–H and O–H groups in total. The summed E-state index contributed by atoms with van der Waals surface area (Å²) >= 11 is 0. The van der Waals surface area contributed by atoms with Crippen molar-refractivity contribution in [2.24, 2.45) is 5.92 Å². The molecule has 8 nitrogen and oxygen atoms in total. The minimum absolute atomic E-state index is 0.0871. The van der Waals surface area contributed by atoms with E-state index in [0.29, 0.717) is 43.4 Å². The van der Waals surface area contributed by atoms with Crippen molar-refractivity contribution in [2.45, 2.75) is 52.9 Å². The fourth-order valence-corrected chi connectivity index (χ4v) is 5.50. The third-order valence-corrected chi connectivity index (χ3v) is 7.58. The topological polar surface area (TPSA) is 84.2 Å². The summed E-state index contributed by atoms with van der Waals surface area (Å²) in [4.78, 5) is 39.6. The lowest BCUT2D eigenvalue weighted by Gasteiger charge is -2.34. The zero-order valence-corrected chi connectivity index (χ0v) is 21.4. The third-order valence-electron chi connectivity index (χ3n) is 7.58. The minimum atomic E-state index is -0.147. The predicted octanol–water partition coefficient (Wildman–Crippen LogP) is 3.85. The van der Waals surface area contributed by atoms with Crippen LogP contribution in [0.4, 0.5) is 0 Å². The lowest BCUT2D eigenvalue weighted by atomic mass is 9.96. The van der Waals surface area contributed by atoms with Crippen LogP contribution in [0.2, 0.25) is 0 Å². The summed E-state index contributed by atoms with van der Waals surface area (Å²) in [6, 6.07) is 8.40. The first-order chi connectivity index (χ1) is 17.5. The summed E-state index contributed by atoms with van der Waals surface area (Å²) in [7, 11) is 0. The second kappa shape index (κ2) is 10.2. The van der Waals surface area contributed by atoms with Gasteiger partial charge in [-0.2, -0.15) is 5.10 Å². The Hall–Kier alpha value is -3.55. The van der Waals surface area contributed by atoms with Crippen LogP contribution < -0.4 is 0 Å². The van der Waals surface area contributed by atoms with Crippen LogP contribution in [0.15, 0.2) is 36.7 Å². The molecule has 3 heterocycles. The molecule has 1 aliphatic carbocycles. The number of amides is 2. The molecule has 0 radical (unpaired) electrons. The molecule has 2 aliphatic rings. The van der Waals surface area contributed by atoms with E-state index < -0.39 is 0 Å². The number of fused-ring (bicyclic) bond motifs is 3. The second-order valence-electron chi connectivity index (χ2n) is 9.71. The number of piperidine rings is 1. The number of benzene rings is 1. The summed E-state index contributed by atoms with van der Waals surface area (Å²) < 4.78 is 1.66. The van der Waals surface area contributed by atoms with Crippen LogP contribution in [-0.2, 0) is 17.6 Å². The standard InChI is InChI=1S/C28H34N6O2/c1-4-32(5-2)26(35)22-13-9-15-33(18-22)27(36)24-17-30-34(19(24)3)28-29-16-21-12-8-11-20-10-6-7-14-23(20)25(21)31-28/h6-7,10,14,16-17,22H,4-5,8-9,11-13,15,18H2,1-3H3/t22-/m0/s1. The maximum Gasteiger partial charge on any atom is 0.257 e. The van der Waals surface area contributed by atoms with E-state index in [4.69, 9.17) is 4.98 Å². The molecule has 1 fully saturated rings. The van der Waals surface area contributed by atoms with Crippen molar-refractivity contribution in [2.75, 3.05) is 26.2 Å². The molecule has 0 saturated carbocycles. The normalized spacial score (nSPS) is 17.2. The van der Waals surface area contributed by atoms with E-state index in [0.717, 1.165) is 48.9 Å². The molecule has 0 bridgehead atoms. The van der Waals surface area contributed by atoms with Crippen molar-refractivity contribution in [1.82, 2.24) is 29.5 Å². The van der Waals surface area contributed by atoms with Crippen LogP contribution in [-0.4, -0.2) is 67.5 Å². The van der Waals surface area contributed by atoms with Gasteiger partial charge in [0.2, 0.25) is 5.91 Å². The number of rotatable bonds is 5. The maximum absolute atomic E-state index is 13.5. The molecule has 0 spiro atoms. The van der Waals surface area contributed by atoms with E-state index in [-0.39, 0.29) is 17.7 Å². The van der Waals surface area contributed by atoms with Gasteiger partial charge in [0.1, 0.15) is 0 Å². The van der Waals surface area contributed by atoms with Crippen molar-refractivity contribution in [1.29, 1.82) is 0 Å². The van der Waals surface area contributed by atoms with Gasteiger partial charge in [-0.1, -0.05) is 24.3 Å². The monoisotopic (exact) mass is 486 g/mol. The first kappa shape index (κ1) is 24.2. The SMILES string of the molecule is CCN(CC)C(=O)[C@H]1CCCN(C(=O)c2cnn(-c3ncc4c(n3)-c3ccccc3CCC4)c2C)C1. The van der Waals surface area contributed by atoms with Crippen molar-refractivity contribution < 1.29 is 9.59 Å². The maximum atomic E-state index is 13.5. The largest absolute Gasteiger partial charge is 0.343 e. The number of carbonyl (C=O) groups is 2. The molecule has 188 valence electrons. The van der Waals surface area contributed by atoms with Gasteiger partial charge in [-0.05, 0) is 64.0 Å². The highest BCUT2D eigenvalue weighted by Gasteiger charge is 2.32. The summed E-state index contributed by atoms with van der Waals surface area (Å²) in [6.07, 6.45) is 8.18. The lowest BCUT2D eigenvalue weighted by Crippen LogP contribution is -2.46. The molecule has 1 atom stereocenters. The van der Waals surface area contributed by atoms with Gasteiger partial charge in [0.15, 0.2) is 0 Å². The van der Waals surface area contributed by atoms with Crippen LogP contribution in [0, 0.1) is 12.8 Å². The van der Waals surface area contributed by atoms with Crippen molar-refractivity contribution in [3.05, 3.63) is 59.0 Å². The molecule has 36 heavy (non-hydrogen) atoms. The Morgan fingerprint density at radius 2 is 1.83 bits per heavy atom. The van der Waals surface area contributed by atoms with Gasteiger partial charge in [0, 0.05) is 37.9 Å². The Bertz CT molecular complexity index is 1280. The fraction of sp³-hybridized carbons (Fsp3) is 0.464. The van der Waals surface area contributed by atoms with Gasteiger partial charge in [0.05, 0.1) is 29.1 Å². The number of aromatic nitrogens is 4. The molecule has 3 aromatic rings. The average Bonchev–Trinajstić information content (AvgIpc) is 3.20. The van der Waals surface area contributed by atoms with Crippen LogP contribution in [0.3, 0.4) is 0 Å². The minimum Gasteiger partial charge on any atom is -0.343 e. The molecule has 1 aromatic carbocycles. The van der Waals surface area contributed by atoms with E-state index in [1.807, 2.05) is 37.9 Å².